The zero-order valence-corrected chi connectivity index (χ0v) is 17.5. The van der Waals surface area contributed by atoms with E-state index in [0.29, 0.717) is 24.7 Å². The third-order valence-corrected chi connectivity index (χ3v) is 7.25. The Balaban J connectivity index is 1.35. The molecule has 166 valence electrons. The van der Waals surface area contributed by atoms with Gasteiger partial charge >= 0.3 is 0 Å². The number of carbonyl (C=O) groups is 1. The summed E-state index contributed by atoms with van der Waals surface area (Å²) < 4.78 is 65.2. The molecule has 0 aliphatic carbocycles. The average molecular weight is 452 g/mol. The number of aryl methyl sites for hydroxylation is 1. The van der Waals surface area contributed by atoms with E-state index in [1.807, 2.05) is 0 Å². The minimum absolute atomic E-state index is 0.0231. The van der Waals surface area contributed by atoms with Gasteiger partial charge in [0.2, 0.25) is 15.9 Å². The molecule has 2 aliphatic heterocycles. The van der Waals surface area contributed by atoms with E-state index >= 15 is 0 Å². The highest BCUT2D eigenvalue weighted by atomic mass is 32.2. The zero-order valence-electron chi connectivity index (χ0n) is 16.7. The van der Waals surface area contributed by atoms with Gasteiger partial charge in [-0.25, -0.2) is 17.2 Å². The van der Waals surface area contributed by atoms with Crippen molar-refractivity contribution in [2.24, 2.45) is 0 Å². The first kappa shape index (κ1) is 21.5. The molecule has 0 spiro atoms. The molecule has 10 heteroatoms. The summed E-state index contributed by atoms with van der Waals surface area (Å²) in [5, 5.41) is 0. The van der Waals surface area contributed by atoms with Crippen molar-refractivity contribution in [1.29, 1.82) is 0 Å². The van der Waals surface area contributed by atoms with Gasteiger partial charge in [0.25, 0.3) is 0 Å². The van der Waals surface area contributed by atoms with Crippen LogP contribution in [0.1, 0.15) is 12.0 Å². The lowest BCUT2D eigenvalue weighted by molar-refractivity contribution is -0.132. The number of nitrogens with zero attached hydrogens (tertiary/aromatic N) is 2. The van der Waals surface area contributed by atoms with Crippen molar-refractivity contribution < 1.29 is 31.5 Å². The first-order chi connectivity index (χ1) is 14.8. The Labute approximate surface area is 179 Å². The Morgan fingerprint density at radius 1 is 0.935 bits per heavy atom. The van der Waals surface area contributed by atoms with Crippen LogP contribution in [0.3, 0.4) is 0 Å². The standard InChI is InChI=1S/C21H22F2N2O5S/c22-16-2-4-18(23)15(13-16)1-6-21(26)24-7-9-25(10-8-24)31(27,28)17-3-5-19-20(14-17)30-12-11-29-19/h2-5,13-14H,1,6-12H2. The summed E-state index contributed by atoms with van der Waals surface area (Å²) in [6, 6.07) is 7.66. The van der Waals surface area contributed by atoms with Crippen LogP contribution in [0.15, 0.2) is 41.3 Å². The van der Waals surface area contributed by atoms with Gasteiger partial charge in [-0.3, -0.25) is 4.79 Å². The van der Waals surface area contributed by atoms with Gasteiger partial charge in [0.15, 0.2) is 11.5 Å². The first-order valence-corrected chi connectivity index (χ1v) is 11.4. The highest BCUT2D eigenvalue weighted by Crippen LogP contribution is 2.33. The fourth-order valence-electron chi connectivity index (χ4n) is 3.65. The van der Waals surface area contributed by atoms with Crippen LogP contribution >= 0.6 is 0 Å². The van der Waals surface area contributed by atoms with E-state index in [1.54, 1.807) is 11.0 Å². The summed E-state index contributed by atoms with van der Waals surface area (Å²) in [4.78, 5) is 14.1. The van der Waals surface area contributed by atoms with Gasteiger partial charge in [0.05, 0.1) is 4.90 Å². The Morgan fingerprint density at radius 2 is 1.65 bits per heavy atom. The molecule has 0 bridgehead atoms. The Bertz CT molecular complexity index is 1090. The zero-order chi connectivity index (χ0) is 22.0. The lowest BCUT2D eigenvalue weighted by atomic mass is 10.1. The van der Waals surface area contributed by atoms with E-state index in [9.17, 15) is 22.0 Å². The van der Waals surface area contributed by atoms with Crippen LogP contribution in [0.4, 0.5) is 8.78 Å². The minimum atomic E-state index is -3.74. The molecule has 31 heavy (non-hydrogen) atoms. The van der Waals surface area contributed by atoms with Crippen molar-refractivity contribution in [3.05, 3.63) is 53.6 Å². The number of sulfonamides is 1. The second kappa shape index (κ2) is 8.80. The van der Waals surface area contributed by atoms with Crippen molar-refractivity contribution in [2.45, 2.75) is 17.7 Å². The molecule has 1 fully saturated rings. The molecule has 0 aromatic heterocycles. The number of piperazine rings is 1. The van der Waals surface area contributed by atoms with Crippen LogP contribution in [0.2, 0.25) is 0 Å². The number of ether oxygens (including phenoxy) is 2. The Morgan fingerprint density at radius 3 is 2.39 bits per heavy atom. The molecule has 1 saturated heterocycles. The quantitative estimate of drug-likeness (QED) is 0.695. The molecule has 2 heterocycles. The molecule has 1 amide bonds. The van der Waals surface area contributed by atoms with Crippen LogP contribution in [0, 0.1) is 11.6 Å². The highest BCUT2D eigenvalue weighted by molar-refractivity contribution is 7.89. The lowest BCUT2D eigenvalue weighted by Gasteiger charge is -2.34. The second-order valence-electron chi connectivity index (χ2n) is 7.33. The maximum absolute atomic E-state index is 13.7. The van der Waals surface area contributed by atoms with Crippen LogP contribution in [0.5, 0.6) is 11.5 Å². The molecule has 2 aliphatic rings. The van der Waals surface area contributed by atoms with E-state index in [2.05, 4.69) is 0 Å². The summed E-state index contributed by atoms with van der Waals surface area (Å²) in [7, 11) is -3.74. The van der Waals surface area contributed by atoms with Gasteiger partial charge in [-0.15, -0.1) is 0 Å². The normalized spacial score (nSPS) is 16.9. The third-order valence-electron chi connectivity index (χ3n) is 5.36. The molecule has 0 unspecified atom stereocenters. The van der Waals surface area contributed by atoms with E-state index in [0.717, 1.165) is 18.2 Å². The number of fused-ring (bicyclic) bond motifs is 1. The fraction of sp³-hybridized carbons (Fsp3) is 0.381. The van der Waals surface area contributed by atoms with Gasteiger partial charge in [0, 0.05) is 38.7 Å². The third kappa shape index (κ3) is 4.64. The molecule has 0 saturated carbocycles. The maximum atomic E-state index is 13.7. The highest BCUT2D eigenvalue weighted by Gasteiger charge is 2.31. The summed E-state index contributed by atoms with van der Waals surface area (Å²) >= 11 is 0. The number of carbonyl (C=O) groups excluding carboxylic acids is 1. The first-order valence-electron chi connectivity index (χ1n) is 9.96. The monoisotopic (exact) mass is 452 g/mol. The summed E-state index contributed by atoms with van der Waals surface area (Å²) in [6.45, 7) is 1.54. The van der Waals surface area contributed by atoms with E-state index in [-0.39, 0.29) is 55.4 Å². The number of halogens is 2. The van der Waals surface area contributed by atoms with Crippen molar-refractivity contribution >= 4 is 15.9 Å². The average Bonchev–Trinajstić information content (AvgIpc) is 2.79. The Kier molecular flexibility index (Phi) is 6.10. The molecular formula is C21H22F2N2O5S. The molecule has 0 radical (unpaired) electrons. The largest absolute Gasteiger partial charge is 0.486 e. The van der Waals surface area contributed by atoms with Crippen molar-refractivity contribution in [3.63, 3.8) is 0 Å². The SMILES string of the molecule is O=C(CCc1cc(F)ccc1F)N1CCN(S(=O)(=O)c2ccc3c(c2)OCCO3)CC1. The molecular weight excluding hydrogens is 430 g/mol. The maximum Gasteiger partial charge on any atom is 0.243 e. The molecule has 7 nitrogen and oxygen atoms in total. The molecule has 4 rings (SSSR count). The fourth-order valence-corrected chi connectivity index (χ4v) is 5.08. The number of amides is 1. The molecule has 2 aromatic carbocycles. The van der Waals surface area contributed by atoms with Crippen LogP contribution in [-0.2, 0) is 21.2 Å². The second-order valence-corrected chi connectivity index (χ2v) is 9.26. The summed E-state index contributed by atoms with van der Waals surface area (Å²) in [6.07, 6.45) is 0.105. The van der Waals surface area contributed by atoms with Crippen molar-refractivity contribution in [1.82, 2.24) is 9.21 Å². The predicted molar refractivity (Wildman–Crippen MR) is 107 cm³/mol. The molecule has 2 aromatic rings. The lowest BCUT2D eigenvalue weighted by Crippen LogP contribution is -2.50. The van der Waals surface area contributed by atoms with Crippen LogP contribution in [0.25, 0.3) is 0 Å². The smallest absolute Gasteiger partial charge is 0.243 e. The number of benzene rings is 2. The topological polar surface area (TPSA) is 76.2 Å². The van der Waals surface area contributed by atoms with Gasteiger partial charge < -0.3 is 14.4 Å². The van der Waals surface area contributed by atoms with Gasteiger partial charge in [-0.05, 0) is 42.3 Å². The van der Waals surface area contributed by atoms with Crippen LogP contribution in [-0.4, -0.2) is 62.9 Å². The predicted octanol–water partition coefficient (Wildman–Crippen LogP) is 2.20. The summed E-state index contributed by atoms with van der Waals surface area (Å²) in [5.74, 6) is -0.424. The van der Waals surface area contributed by atoms with Crippen molar-refractivity contribution in [3.8, 4) is 11.5 Å². The van der Waals surface area contributed by atoms with Gasteiger partial charge in [-0.1, -0.05) is 0 Å². The van der Waals surface area contributed by atoms with Gasteiger partial charge in [0.1, 0.15) is 24.8 Å². The van der Waals surface area contributed by atoms with Gasteiger partial charge in [-0.2, -0.15) is 4.31 Å². The summed E-state index contributed by atoms with van der Waals surface area (Å²) in [5.41, 5.74) is 0.146. The molecule has 0 N–H and O–H groups in total. The van der Waals surface area contributed by atoms with Crippen LogP contribution < -0.4 is 9.47 Å². The molecule has 0 atom stereocenters. The van der Waals surface area contributed by atoms with Crippen molar-refractivity contribution in [2.75, 3.05) is 39.4 Å². The van der Waals surface area contributed by atoms with E-state index < -0.39 is 21.7 Å². The Hall–Kier alpha value is -2.72. The van der Waals surface area contributed by atoms with E-state index in [4.69, 9.17) is 9.47 Å². The van der Waals surface area contributed by atoms with E-state index in [1.165, 1.54) is 16.4 Å². The minimum Gasteiger partial charge on any atom is -0.486 e. The number of hydrogen-bond acceptors (Lipinski definition) is 5. The number of rotatable bonds is 5. The number of hydrogen-bond donors (Lipinski definition) is 0.